The van der Waals surface area contributed by atoms with Crippen LogP contribution >= 0.6 is 11.3 Å². The van der Waals surface area contributed by atoms with Gasteiger partial charge >= 0.3 is 6.09 Å². The Morgan fingerprint density at radius 2 is 2.11 bits per heavy atom. The first-order chi connectivity index (χ1) is 13.7. The number of thiazole rings is 1. The normalized spacial score (nSPS) is 15.5. The zero-order valence-electron chi connectivity index (χ0n) is 16.1. The molecule has 7 nitrogen and oxygen atoms in total. The SMILES string of the molecule is CCOC(=O)N1CCC(NC(N)=NCCc2csc(-c3ccccc3)n2)CC1. The molecule has 150 valence electrons. The highest BCUT2D eigenvalue weighted by Crippen LogP contribution is 2.23. The number of hydrogen-bond acceptors (Lipinski definition) is 5. The summed E-state index contributed by atoms with van der Waals surface area (Å²) in [7, 11) is 0. The van der Waals surface area contributed by atoms with Gasteiger partial charge in [-0.15, -0.1) is 11.3 Å². The van der Waals surface area contributed by atoms with Crippen molar-refractivity contribution in [1.82, 2.24) is 15.2 Å². The van der Waals surface area contributed by atoms with E-state index in [0.717, 1.165) is 35.5 Å². The van der Waals surface area contributed by atoms with Gasteiger partial charge in [-0.05, 0) is 19.8 Å². The molecule has 3 N–H and O–H groups in total. The van der Waals surface area contributed by atoms with Crippen molar-refractivity contribution in [3.05, 3.63) is 41.4 Å². The van der Waals surface area contributed by atoms with Gasteiger partial charge in [0.05, 0.1) is 12.3 Å². The summed E-state index contributed by atoms with van der Waals surface area (Å²) >= 11 is 1.65. The van der Waals surface area contributed by atoms with Crippen molar-refractivity contribution in [1.29, 1.82) is 0 Å². The molecule has 3 rings (SSSR count). The van der Waals surface area contributed by atoms with Gasteiger partial charge in [-0.25, -0.2) is 9.78 Å². The molecular weight excluding hydrogens is 374 g/mol. The third kappa shape index (κ3) is 5.69. The van der Waals surface area contributed by atoms with E-state index in [1.54, 1.807) is 16.2 Å². The number of hydrogen-bond donors (Lipinski definition) is 2. The van der Waals surface area contributed by atoms with Gasteiger partial charge in [0.15, 0.2) is 5.96 Å². The van der Waals surface area contributed by atoms with Crippen molar-refractivity contribution in [3.8, 4) is 10.6 Å². The number of ether oxygens (including phenoxy) is 1. The van der Waals surface area contributed by atoms with E-state index >= 15 is 0 Å². The van der Waals surface area contributed by atoms with Crippen LogP contribution in [0.2, 0.25) is 0 Å². The van der Waals surface area contributed by atoms with E-state index in [1.165, 1.54) is 0 Å². The topological polar surface area (TPSA) is 92.8 Å². The largest absolute Gasteiger partial charge is 0.450 e. The first kappa shape index (κ1) is 20.1. The molecule has 1 amide bonds. The number of carbonyl (C=O) groups excluding carboxylic acids is 1. The standard InChI is InChI=1S/C20H27N5O2S/c1-2-27-20(26)25-12-9-16(10-13-25)24-19(21)22-11-8-17-14-28-18(23-17)15-6-4-3-5-7-15/h3-7,14,16H,2,8-13H2,1H3,(H3,21,22,24). The second-order valence-electron chi connectivity index (χ2n) is 6.63. The number of benzene rings is 1. The molecule has 28 heavy (non-hydrogen) atoms. The summed E-state index contributed by atoms with van der Waals surface area (Å²) in [5.41, 5.74) is 8.19. The molecule has 2 heterocycles. The number of carbonyl (C=O) groups is 1. The number of aliphatic imine (C=N–C) groups is 1. The highest BCUT2D eigenvalue weighted by Gasteiger charge is 2.23. The van der Waals surface area contributed by atoms with Crippen molar-refractivity contribution in [2.45, 2.75) is 32.2 Å². The van der Waals surface area contributed by atoms with Gasteiger partial charge in [-0.1, -0.05) is 30.3 Å². The van der Waals surface area contributed by atoms with E-state index in [4.69, 9.17) is 10.5 Å². The van der Waals surface area contributed by atoms with Crippen molar-refractivity contribution < 1.29 is 9.53 Å². The number of aromatic nitrogens is 1. The Labute approximate surface area is 169 Å². The number of guanidine groups is 1. The fraction of sp³-hybridized carbons (Fsp3) is 0.450. The number of rotatable bonds is 6. The molecule has 0 unspecified atom stereocenters. The Hall–Kier alpha value is -2.61. The molecule has 0 aliphatic carbocycles. The molecule has 1 aliphatic rings. The quantitative estimate of drug-likeness (QED) is 0.573. The Kier molecular flexibility index (Phi) is 7.25. The number of nitrogens with zero attached hydrogens (tertiary/aromatic N) is 3. The van der Waals surface area contributed by atoms with Crippen molar-refractivity contribution in [2.75, 3.05) is 26.2 Å². The summed E-state index contributed by atoms with van der Waals surface area (Å²) in [6.07, 6.45) is 2.19. The lowest BCUT2D eigenvalue weighted by Crippen LogP contribution is -2.48. The predicted octanol–water partition coefficient (Wildman–Crippen LogP) is 2.88. The first-order valence-corrected chi connectivity index (χ1v) is 10.5. The Morgan fingerprint density at radius 1 is 1.36 bits per heavy atom. The maximum Gasteiger partial charge on any atom is 0.409 e. The molecule has 8 heteroatoms. The van der Waals surface area contributed by atoms with Gasteiger partial charge in [0.25, 0.3) is 0 Å². The van der Waals surface area contributed by atoms with Crippen LogP contribution in [0.1, 0.15) is 25.5 Å². The van der Waals surface area contributed by atoms with Crippen LogP contribution in [0.25, 0.3) is 10.6 Å². The maximum atomic E-state index is 11.7. The summed E-state index contributed by atoms with van der Waals surface area (Å²) in [6.45, 7) is 4.16. The summed E-state index contributed by atoms with van der Waals surface area (Å²) in [6, 6.07) is 10.4. The highest BCUT2D eigenvalue weighted by molar-refractivity contribution is 7.13. The molecule has 0 spiro atoms. The minimum Gasteiger partial charge on any atom is -0.450 e. The van der Waals surface area contributed by atoms with E-state index < -0.39 is 0 Å². The first-order valence-electron chi connectivity index (χ1n) is 9.63. The molecule has 0 atom stereocenters. The second-order valence-corrected chi connectivity index (χ2v) is 7.49. The number of amides is 1. The molecule has 0 radical (unpaired) electrons. The molecular formula is C20H27N5O2S. The van der Waals surface area contributed by atoms with Gasteiger partial charge < -0.3 is 20.7 Å². The van der Waals surface area contributed by atoms with Crippen LogP contribution in [0, 0.1) is 0 Å². The monoisotopic (exact) mass is 401 g/mol. The molecule has 1 fully saturated rings. The summed E-state index contributed by atoms with van der Waals surface area (Å²) in [4.78, 5) is 22.6. The second kappa shape index (κ2) is 10.1. The van der Waals surface area contributed by atoms with Gasteiger partial charge in [-0.2, -0.15) is 0 Å². The Balaban J connectivity index is 1.41. The number of nitrogens with one attached hydrogen (secondary N) is 1. The third-order valence-corrected chi connectivity index (χ3v) is 5.54. The van der Waals surface area contributed by atoms with Crippen molar-refractivity contribution in [3.63, 3.8) is 0 Å². The average Bonchev–Trinajstić information content (AvgIpc) is 3.18. The van der Waals surface area contributed by atoms with E-state index in [9.17, 15) is 4.79 Å². The molecule has 1 aliphatic heterocycles. The lowest BCUT2D eigenvalue weighted by molar-refractivity contribution is 0.0963. The molecule has 1 aromatic carbocycles. The van der Waals surface area contributed by atoms with Gasteiger partial charge in [0.2, 0.25) is 0 Å². The lowest BCUT2D eigenvalue weighted by atomic mass is 10.1. The van der Waals surface area contributed by atoms with E-state index in [0.29, 0.717) is 32.2 Å². The average molecular weight is 402 g/mol. The number of likely N-dealkylation sites (tertiary alicyclic amines) is 1. The van der Waals surface area contributed by atoms with Crippen LogP contribution < -0.4 is 11.1 Å². The van der Waals surface area contributed by atoms with Crippen LogP contribution in [0.5, 0.6) is 0 Å². The highest BCUT2D eigenvalue weighted by atomic mass is 32.1. The summed E-state index contributed by atoms with van der Waals surface area (Å²) in [5.74, 6) is 0.452. The molecule has 1 aromatic heterocycles. The van der Waals surface area contributed by atoms with Crippen LogP contribution in [0.15, 0.2) is 40.7 Å². The third-order valence-electron chi connectivity index (χ3n) is 4.60. The number of nitrogens with two attached hydrogens (primary N) is 1. The smallest absolute Gasteiger partial charge is 0.409 e. The van der Waals surface area contributed by atoms with E-state index in [-0.39, 0.29) is 12.1 Å². The minimum absolute atomic E-state index is 0.235. The van der Waals surface area contributed by atoms with E-state index in [1.807, 2.05) is 25.1 Å². The fourth-order valence-electron chi connectivity index (χ4n) is 3.10. The number of piperidine rings is 1. The minimum atomic E-state index is -0.235. The summed E-state index contributed by atoms with van der Waals surface area (Å²) in [5, 5.41) is 6.36. The zero-order chi connectivity index (χ0) is 19.8. The van der Waals surface area contributed by atoms with Crippen LogP contribution in [0.4, 0.5) is 4.79 Å². The molecule has 0 saturated carbocycles. The fourth-order valence-corrected chi connectivity index (χ4v) is 3.96. The van der Waals surface area contributed by atoms with Crippen molar-refractivity contribution >= 4 is 23.4 Å². The molecule has 0 bridgehead atoms. The van der Waals surface area contributed by atoms with Crippen LogP contribution in [0.3, 0.4) is 0 Å². The summed E-state index contributed by atoms with van der Waals surface area (Å²) < 4.78 is 5.04. The Bertz CT molecular complexity index is 785. The van der Waals surface area contributed by atoms with E-state index in [2.05, 4.69) is 32.8 Å². The van der Waals surface area contributed by atoms with Crippen molar-refractivity contribution in [2.24, 2.45) is 10.7 Å². The van der Waals surface area contributed by atoms with Gasteiger partial charge in [0, 0.05) is 43.0 Å². The predicted molar refractivity (Wildman–Crippen MR) is 112 cm³/mol. The maximum absolute atomic E-state index is 11.7. The zero-order valence-corrected chi connectivity index (χ0v) is 17.0. The molecule has 2 aromatic rings. The molecule has 1 saturated heterocycles. The Morgan fingerprint density at radius 3 is 2.82 bits per heavy atom. The van der Waals surface area contributed by atoms with Crippen LogP contribution in [-0.2, 0) is 11.2 Å². The van der Waals surface area contributed by atoms with Gasteiger partial charge in [0.1, 0.15) is 5.01 Å². The lowest BCUT2D eigenvalue weighted by Gasteiger charge is -2.31. The van der Waals surface area contributed by atoms with Gasteiger partial charge in [-0.3, -0.25) is 4.99 Å². The van der Waals surface area contributed by atoms with Crippen LogP contribution in [-0.4, -0.2) is 54.2 Å².